The number of hydrogen-bond donors (Lipinski definition) is 1. The summed E-state index contributed by atoms with van der Waals surface area (Å²) in [5, 5.41) is 10.9. The average Bonchev–Trinajstić information content (AvgIpc) is 3.14. The SMILES string of the molecule is COC(=O)C=Cc1ccc2c(c1)CCC2N(CCO)CCc1c(Cl)cccc1Cl. The number of esters is 1. The largest absolute Gasteiger partial charge is 0.466 e. The van der Waals surface area contributed by atoms with Crippen molar-refractivity contribution in [3.63, 3.8) is 0 Å². The number of aliphatic hydroxyl groups excluding tert-OH is 1. The number of aryl methyl sites for hydroxylation is 1. The molecule has 0 aliphatic heterocycles. The maximum Gasteiger partial charge on any atom is 0.330 e. The number of hydrogen-bond acceptors (Lipinski definition) is 4. The summed E-state index contributed by atoms with van der Waals surface area (Å²) in [6.45, 7) is 1.45. The van der Waals surface area contributed by atoms with Crippen molar-refractivity contribution in [1.29, 1.82) is 0 Å². The lowest BCUT2D eigenvalue weighted by Crippen LogP contribution is -2.32. The van der Waals surface area contributed by atoms with Gasteiger partial charge in [-0.1, -0.05) is 47.5 Å². The third-order valence-corrected chi connectivity index (χ3v) is 6.07. The zero-order valence-corrected chi connectivity index (χ0v) is 17.9. The first-order chi connectivity index (χ1) is 14.0. The summed E-state index contributed by atoms with van der Waals surface area (Å²) in [6.07, 6.45) is 5.89. The van der Waals surface area contributed by atoms with Gasteiger partial charge in [0.05, 0.1) is 13.7 Å². The van der Waals surface area contributed by atoms with Crippen LogP contribution in [0.1, 0.15) is 34.7 Å². The van der Waals surface area contributed by atoms with E-state index >= 15 is 0 Å². The Morgan fingerprint density at radius 1 is 1.24 bits per heavy atom. The van der Waals surface area contributed by atoms with E-state index in [1.165, 1.54) is 24.3 Å². The van der Waals surface area contributed by atoms with Crippen LogP contribution in [0, 0.1) is 0 Å². The molecule has 1 unspecified atom stereocenters. The van der Waals surface area contributed by atoms with Crippen molar-refractivity contribution in [3.8, 4) is 0 Å². The predicted molar refractivity (Wildman–Crippen MR) is 117 cm³/mol. The lowest BCUT2D eigenvalue weighted by Gasteiger charge is -2.29. The molecule has 0 heterocycles. The van der Waals surface area contributed by atoms with Crippen molar-refractivity contribution in [2.24, 2.45) is 0 Å². The van der Waals surface area contributed by atoms with Gasteiger partial charge in [-0.05, 0) is 59.7 Å². The van der Waals surface area contributed by atoms with Crippen molar-refractivity contribution in [2.75, 3.05) is 26.8 Å². The fraction of sp³-hybridized carbons (Fsp3) is 0.348. The first-order valence-corrected chi connectivity index (χ1v) is 10.5. The van der Waals surface area contributed by atoms with Gasteiger partial charge in [-0.3, -0.25) is 4.90 Å². The van der Waals surface area contributed by atoms with Gasteiger partial charge in [0, 0.05) is 35.3 Å². The summed E-state index contributed by atoms with van der Waals surface area (Å²) in [5.74, 6) is -0.365. The molecule has 2 aromatic rings. The highest BCUT2D eigenvalue weighted by Crippen LogP contribution is 2.37. The Kier molecular flexibility index (Phi) is 7.73. The number of benzene rings is 2. The van der Waals surface area contributed by atoms with E-state index in [0.717, 1.165) is 36.9 Å². The molecule has 1 atom stereocenters. The summed E-state index contributed by atoms with van der Waals surface area (Å²) < 4.78 is 4.65. The minimum Gasteiger partial charge on any atom is -0.466 e. The van der Waals surface area contributed by atoms with Crippen LogP contribution in [0.3, 0.4) is 0 Å². The predicted octanol–water partition coefficient (Wildman–Crippen LogP) is 4.70. The van der Waals surface area contributed by atoms with Crippen molar-refractivity contribution in [3.05, 3.63) is 74.8 Å². The fourth-order valence-corrected chi connectivity index (χ4v) is 4.50. The normalized spacial score (nSPS) is 15.8. The third-order valence-electron chi connectivity index (χ3n) is 5.36. The van der Waals surface area contributed by atoms with Gasteiger partial charge in [-0.15, -0.1) is 0 Å². The van der Waals surface area contributed by atoms with E-state index in [0.29, 0.717) is 16.6 Å². The summed E-state index contributed by atoms with van der Waals surface area (Å²) in [5.41, 5.74) is 4.48. The second-order valence-electron chi connectivity index (χ2n) is 7.08. The highest BCUT2D eigenvalue weighted by atomic mass is 35.5. The highest BCUT2D eigenvalue weighted by Gasteiger charge is 2.27. The first-order valence-electron chi connectivity index (χ1n) is 9.70. The second-order valence-corrected chi connectivity index (χ2v) is 7.89. The Hall–Kier alpha value is -1.85. The molecule has 0 amide bonds. The Bertz CT molecular complexity index is 877. The van der Waals surface area contributed by atoms with Crippen LogP contribution in [-0.2, 0) is 22.4 Å². The van der Waals surface area contributed by atoms with Crippen LogP contribution in [0.2, 0.25) is 10.0 Å². The number of methoxy groups -OCH3 is 1. The van der Waals surface area contributed by atoms with Crippen LogP contribution in [0.5, 0.6) is 0 Å². The van der Waals surface area contributed by atoms with E-state index in [-0.39, 0.29) is 18.6 Å². The van der Waals surface area contributed by atoms with Crippen LogP contribution in [-0.4, -0.2) is 42.8 Å². The van der Waals surface area contributed by atoms with Gasteiger partial charge < -0.3 is 9.84 Å². The zero-order valence-electron chi connectivity index (χ0n) is 16.4. The van der Waals surface area contributed by atoms with Gasteiger partial charge in [0.2, 0.25) is 0 Å². The molecule has 1 aliphatic rings. The van der Waals surface area contributed by atoms with E-state index in [1.54, 1.807) is 6.08 Å². The molecule has 154 valence electrons. The topological polar surface area (TPSA) is 49.8 Å². The van der Waals surface area contributed by atoms with Crippen molar-refractivity contribution in [2.45, 2.75) is 25.3 Å². The number of carbonyl (C=O) groups excluding carboxylic acids is 1. The molecule has 1 N–H and O–H groups in total. The smallest absolute Gasteiger partial charge is 0.330 e. The molecule has 0 saturated carbocycles. The van der Waals surface area contributed by atoms with Crippen LogP contribution < -0.4 is 0 Å². The molecule has 0 spiro atoms. The minimum atomic E-state index is -0.365. The van der Waals surface area contributed by atoms with Crippen molar-refractivity contribution in [1.82, 2.24) is 4.90 Å². The Labute approximate surface area is 181 Å². The molecule has 0 aromatic heterocycles. The molecule has 0 saturated heterocycles. The molecule has 1 aliphatic carbocycles. The fourth-order valence-electron chi connectivity index (χ4n) is 3.91. The molecule has 0 bridgehead atoms. The third kappa shape index (κ3) is 5.40. The monoisotopic (exact) mass is 433 g/mol. The Morgan fingerprint density at radius 2 is 2.00 bits per heavy atom. The lowest BCUT2D eigenvalue weighted by atomic mass is 10.0. The minimum absolute atomic E-state index is 0.0992. The number of fused-ring (bicyclic) bond motifs is 1. The average molecular weight is 434 g/mol. The van der Waals surface area contributed by atoms with E-state index in [2.05, 4.69) is 21.8 Å². The molecule has 0 fully saturated rings. The van der Waals surface area contributed by atoms with E-state index in [9.17, 15) is 9.90 Å². The van der Waals surface area contributed by atoms with Gasteiger partial charge in [0.15, 0.2) is 0 Å². The molecular formula is C23H25Cl2NO3. The number of carbonyl (C=O) groups is 1. The maximum atomic E-state index is 11.3. The first kappa shape index (κ1) is 21.8. The molecular weight excluding hydrogens is 409 g/mol. The molecule has 3 rings (SSSR count). The summed E-state index contributed by atoms with van der Waals surface area (Å²) in [6, 6.07) is 12.1. The van der Waals surface area contributed by atoms with Gasteiger partial charge in [0.1, 0.15) is 0 Å². The van der Waals surface area contributed by atoms with Crippen LogP contribution in [0.4, 0.5) is 0 Å². The molecule has 0 radical (unpaired) electrons. The van der Waals surface area contributed by atoms with E-state index < -0.39 is 0 Å². The van der Waals surface area contributed by atoms with Crippen molar-refractivity contribution < 1.29 is 14.6 Å². The number of aliphatic hydroxyl groups is 1. The molecule has 4 nitrogen and oxygen atoms in total. The molecule has 29 heavy (non-hydrogen) atoms. The highest BCUT2D eigenvalue weighted by molar-refractivity contribution is 6.35. The maximum absolute atomic E-state index is 11.3. The summed E-state index contributed by atoms with van der Waals surface area (Å²) >= 11 is 12.6. The van der Waals surface area contributed by atoms with Crippen LogP contribution >= 0.6 is 23.2 Å². The Balaban J connectivity index is 1.75. The van der Waals surface area contributed by atoms with E-state index in [4.69, 9.17) is 23.2 Å². The summed E-state index contributed by atoms with van der Waals surface area (Å²) in [4.78, 5) is 13.6. The number of nitrogens with zero attached hydrogens (tertiary/aromatic N) is 1. The Morgan fingerprint density at radius 3 is 2.69 bits per heavy atom. The van der Waals surface area contributed by atoms with Crippen LogP contribution in [0.15, 0.2) is 42.5 Å². The number of rotatable bonds is 8. The van der Waals surface area contributed by atoms with Gasteiger partial charge in [-0.2, -0.15) is 0 Å². The van der Waals surface area contributed by atoms with Gasteiger partial charge in [0.25, 0.3) is 0 Å². The van der Waals surface area contributed by atoms with Crippen molar-refractivity contribution >= 4 is 35.2 Å². The second kappa shape index (κ2) is 10.3. The number of halogens is 2. The quantitative estimate of drug-likeness (QED) is 0.483. The van der Waals surface area contributed by atoms with E-state index in [1.807, 2.05) is 24.3 Å². The van der Waals surface area contributed by atoms with Crippen LogP contribution in [0.25, 0.3) is 6.08 Å². The summed E-state index contributed by atoms with van der Waals surface area (Å²) in [7, 11) is 1.37. The lowest BCUT2D eigenvalue weighted by molar-refractivity contribution is -0.134. The van der Waals surface area contributed by atoms with Gasteiger partial charge in [-0.25, -0.2) is 4.79 Å². The zero-order chi connectivity index (χ0) is 20.8. The number of ether oxygens (including phenoxy) is 1. The molecule has 6 heteroatoms. The van der Waals surface area contributed by atoms with Gasteiger partial charge >= 0.3 is 5.97 Å². The molecule has 2 aromatic carbocycles. The standard InChI is InChI=1S/C23H25Cl2NO3/c1-29-23(28)10-6-16-5-8-18-17(15-16)7-9-22(18)26(13-14-27)12-11-19-20(24)3-2-4-21(19)25/h2-6,8,10,15,22,27H,7,9,11-14H2,1H3.